The van der Waals surface area contributed by atoms with Crippen LogP contribution in [-0.4, -0.2) is 67.5 Å². The van der Waals surface area contributed by atoms with Crippen LogP contribution in [0.15, 0.2) is 65.6 Å². The first-order valence-corrected chi connectivity index (χ1v) is 16.1. The van der Waals surface area contributed by atoms with Gasteiger partial charge >= 0.3 is 6.09 Å². The molecule has 0 aliphatic carbocycles. The minimum absolute atomic E-state index is 0.0224. The Balaban J connectivity index is 1.22. The van der Waals surface area contributed by atoms with E-state index >= 15 is 0 Å². The number of nitrogens with zero attached hydrogens (tertiary/aromatic N) is 5. The molecule has 2 amide bonds. The molecule has 2 aliphatic rings. The maximum absolute atomic E-state index is 13.5. The van der Waals surface area contributed by atoms with E-state index in [9.17, 15) is 14.4 Å². The number of halogens is 1. The summed E-state index contributed by atoms with van der Waals surface area (Å²) in [5.74, 6) is 0.563. The molecule has 0 bridgehead atoms. The number of hydrogen-bond acceptors (Lipinski definition) is 5. The molecule has 4 heterocycles. The first-order valence-electron chi connectivity index (χ1n) is 15.7. The lowest BCUT2D eigenvalue weighted by atomic mass is 9.79. The standard InChI is InChI=1S/C35H40ClN5O4/c1-5-6-7-17-40-29(19-30(42)41-20-28(37-32(40)41)24-12-14-27(36)15-13-24)25-8-10-26(11-9-25)31(43)38-18-16-35(21-38)22-39(23-35)33(44)45-34(2,3)4/h8-15,19-20H,5-7,16-18,21-23H2,1-4H3. The van der Waals surface area contributed by atoms with Crippen molar-refractivity contribution in [2.75, 3.05) is 26.2 Å². The molecule has 0 unspecified atom stereocenters. The van der Waals surface area contributed by atoms with E-state index < -0.39 is 5.60 Å². The molecule has 10 heteroatoms. The second-order valence-electron chi connectivity index (χ2n) is 13.4. The van der Waals surface area contributed by atoms with Gasteiger partial charge in [-0.1, -0.05) is 55.6 Å². The average Bonchev–Trinajstić information content (AvgIpc) is 3.63. The van der Waals surface area contributed by atoms with Crippen LogP contribution in [0.25, 0.3) is 28.3 Å². The highest BCUT2D eigenvalue weighted by Gasteiger charge is 2.51. The van der Waals surface area contributed by atoms with E-state index in [4.69, 9.17) is 21.3 Å². The zero-order valence-corrected chi connectivity index (χ0v) is 27.1. The zero-order chi connectivity index (χ0) is 31.9. The SMILES string of the molecule is CCCCCn1c(-c2ccc(C(=O)N3CCC4(CN(C(=O)OC(C)(C)C)C4)C3)cc2)cc(=O)n2cc(-c3ccc(Cl)cc3)nc12. The number of fused-ring (bicyclic) bond motifs is 1. The number of aryl methyl sites for hydroxylation is 1. The second-order valence-corrected chi connectivity index (χ2v) is 13.9. The summed E-state index contributed by atoms with van der Waals surface area (Å²) < 4.78 is 9.21. The van der Waals surface area contributed by atoms with Crippen LogP contribution in [0.5, 0.6) is 0 Å². The molecule has 1 spiro atoms. The summed E-state index contributed by atoms with van der Waals surface area (Å²) in [6.45, 7) is 11.0. The number of imidazole rings is 1. The van der Waals surface area contributed by atoms with Crippen LogP contribution in [0.1, 0.15) is 63.7 Å². The molecule has 2 aromatic carbocycles. The summed E-state index contributed by atoms with van der Waals surface area (Å²) in [7, 11) is 0. The lowest BCUT2D eigenvalue weighted by Gasteiger charge is -2.47. The Morgan fingerprint density at radius 1 is 0.956 bits per heavy atom. The fourth-order valence-electron chi connectivity index (χ4n) is 6.39. The number of aromatic nitrogens is 3. The Hall–Kier alpha value is -4.11. The van der Waals surface area contributed by atoms with E-state index in [2.05, 4.69) is 11.5 Å². The number of rotatable bonds is 7. The highest BCUT2D eigenvalue weighted by molar-refractivity contribution is 6.30. The predicted octanol–water partition coefficient (Wildman–Crippen LogP) is 6.76. The Morgan fingerprint density at radius 3 is 2.29 bits per heavy atom. The van der Waals surface area contributed by atoms with Crippen molar-refractivity contribution in [2.24, 2.45) is 5.41 Å². The lowest BCUT2D eigenvalue weighted by Crippen LogP contribution is -2.60. The average molecular weight is 630 g/mol. The number of carbonyl (C=O) groups excluding carboxylic acids is 2. The fourth-order valence-corrected chi connectivity index (χ4v) is 6.51. The molecule has 0 atom stereocenters. The third-order valence-corrected chi connectivity index (χ3v) is 8.95. The van der Waals surface area contributed by atoms with Gasteiger partial charge < -0.3 is 19.1 Å². The van der Waals surface area contributed by atoms with Gasteiger partial charge in [-0.3, -0.25) is 14.0 Å². The maximum atomic E-state index is 13.5. The molecular weight excluding hydrogens is 590 g/mol. The lowest BCUT2D eigenvalue weighted by molar-refractivity contribution is -0.0297. The normalized spacial score (nSPS) is 15.9. The molecule has 6 rings (SSSR count). The van der Waals surface area contributed by atoms with Gasteiger partial charge in [-0.05, 0) is 63.4 Å². The summed E-state index contributed by atoms with van der Waals surface area (Å²) in [6, 6.07) is 16.6. The van der Waals surface area contributed by atoms with Crippen LogP contribution in [0.3, 0.4) is 0 Å². The van der Waals surface area contributed by atoms with Crippen molar-refractivity contribution in [1.29, 1.82) is 0 Å². The fraction of sp³-hybridized carbons (Fsp3) is 0.429. The van der Waals surface area contributed by atoms with Crippen LogP contribution in [0, 0.1) is 5.41 Å². The summed E-state index contributed by atoms with van der Waals surface area (Å²) in [4.78, 5) is 47.8. The highest BCUT2D eigenvalue weighted by Crippen LogP contribution is 2.40. The van der Waals surface area contributed by atoms with Crippen molar-refractivity contribution < 1.29 is 14.3 Å². The summed E-state index contributed by atoms with van der Waals surface area (Å²) >= 11 is 6.09. The molecule has 4 aromatic rings. The third kappa shape index (κ3) is 6.36. The van der Waals surface area contributed by atoms with E-state index in [1.165, 1.54) is 0 Å². The Kier molecular flexibility index (Phi) is 8.24. The zero-order valence-electron chi connectivity index (χ0n) is 26.4. The number of carbonyl (C=O) groups is 2. The number of likely N-dealkylation sites (tertiary alicyclic amines) is 2. The van der Waals surface area contributed by atoms with Crippen molar-refractivity contribution in [3.63, 3.8) is 0 Å². The molecule has 2 fully saturated rings. The maximum Gasteiger partial charge on any atom is 0.410 e. The molecule has 0 saturated carbocycles. The summed E-state index contributed by atoms with van der Waals surface area (Å²) in [5, 5.41) is 0.642. The van der Waals surface area contributed by atoms with Gasteiger partial charge in [0.2, 0.25) is 5.78 Å². The number of benzene rings is 2. The van der Waals surface area contributed by atoms with Crippen molar-refractivity contribution in [3.8, 4) is 22.5 Å². The van der Waals surface area contributed by atoms with E-state index in [0.29, 0.717) is 54.8 Å². The Bertz CT molecular complexity index is 1780. The van der Waals surface area contributed by atoms with E-state index in [1.54, 1.807) is 21.6 Å². The van der Waals surface area contributed by atoms with E-state index in [-0.39, 0.29) is 23.0 Å². The van der Waals surface area contributed by atoms with Crippen molar-refractivity contribution >= 4 is 29.4 Å². The number of amides is 2. The molecule has 0 N–H and O–H groups in total. The van der Waals surface area contributed by atoms with Gasteiger partial charge in [0.1, 0.15) is 5.60 Å². The minimum atomic E-state index is -0.529. The summed E-state index contributed by atoms with van der Waals surface area (Å²) in [5.41, 5.74) is 3.06. The Morgan fingerprint density at radius 2 is 1.62 bits per heavy atom. The first kappa shape index (κ1) is 30.9. The number of hydrogen-bond donors (Lipinski definition) is 0. The van der Waals surface area contributed by atoms with Gasteiger partial charge in [0.15, 0.2) is 0 Å². The smallest absolute Gasteiger partial charge is 0.410 e. The van der Waals surface area contributed by atoms with Crippen LogP contribution in [-0.2, 0) is 11.3 Å². The van der Waals surface area contributed by atoms with Gasteiger partial charge in [-0.2, -0.15) is 0 Å². The molecule has 9 nitrogen and oxygen atoms in total. The first-order chi connectivity index (χ1) is 21.4. The van der Waals surface area contributed by atoms with Crippen LogP contribution in [0.4, 0.5) is 4.79 Å². The van der Waals surface area contributed by atoms with Gasteiger partial charge in [0.05, 0.1) is 11.4 Å². The van der Waals surface area contributed by atoms with Gasteiger partial charge in [0, 0.05) is 66.6 Å². The highest BCUT2D eigenvalue weighted by atomic mass is 35.5. The second kappa shape index (κ2) is 12.0. The largest absolute Gasteiger partial charge is 0.444 e. The van der Waals surface area contributed by atoms with Crippen molar-refractivity contribution in [1.82, 2.24) is 23.8 Å². The third-order valence-electron chi connectivity index (χ3n) is 8.70. The van der Waals surface area contributed by atoms with E-state index in [1.807, 2.05) is 74.2 Å². The predicted molar refractivity (Wildman–Crippen MR) is 176 cm³/mol. The van der Waals surface area contributed by atoms with Crippen LogP contribution in [0.2, 0.25) is 5.02 Å². The van der Waals surface area contributed by atoms with Crippen molar-refractivity contribution in [2.45, 2.75) is 65.5 Å². The summed E-state index contributed by atoms with van der Waals surface area (Å²) in [6.07, 6.45) is 5.43. The topological polar surface area (TPSA) is 89.1 Å². The molecular formula is C35H40ClN5O4. The number of unbranched alkanes of at least 4 members (excludes halogenated alkanes) is 2. The molecule has 45 heavy (non-hydrogen) atoms. The van der Waals surface area contributed by atoms with E-state index in [0.717, 1.165) is 42.5 Å². The quantitative estimate of drug-likeness (QED) is 0.211. The van der Waals surface area contributed by atoms with Gasteiger partial charge in [-0.25, -0.2) is 9.78 Å². The van der Waals surface area contributed by atoms with Gasteiger partial charge in [-0.15, -0.1) is 0 Å². The van der Waals surface area contributed by atoms with Gasteiger partial charge in [0.25, 0.3) is 11.5 Å². The minimum Gasteiger partial charge on any atom is -0.444 e. The Labute approximate surface area is 268 Å². The molecule has 236 valence electrons. The molecule has 2 aliphatic heterocycles. The van der Waals surface area contributed by atoms with Crippen LogP contribution < -0.4 is 5.56 Å². The molecule has 2 aromatic heterocycles. The molecule has 2 saturated heterocycles. The molecule has 0 radical (unpaired) electrons. The van der Waals surface area contributed by atoms with Crippen LogP contribution >= 0.6 is 11.6 Å². The van der Waals surface area contributed by atoms with Crippen molar-refractivity contribution in [3.05, 3.63) is 81.7 Å². The monoisotopic (exact) mass is 629 g/mol. The number of ether oxygens (including phenoxy) is 1.